The summed E-state index contributed by atoms with van der Waals surface area (Å²) < 4.78 is 0. The summed E-state index contributed by atoms with van der Waals surface area (Å²) in [5, 5.41) is 14.1. The Balaban J connectivity index is 2.01. The van der Waals surface area contributed by atoms with Crippen LogP contribution in [0, 0.1) is 10.1 Å². The third-order valence-corrected chi connectivity index (χ3v) is 4.87. The lowest BCUT2D eigenvalue weighted by Gasteiger charge is -2.15. The predicted molar refractivity (Wildman–Crippen MR) is 106 cm³/mol. The zero-order chi connectivity index (χ0) is 19.1. The third kappa shape index (κ3) is 5.79. The molecule has 1 aromatic heterocycles. The number of nitrogens with one attached hydrogen (secondary N) is 1. The average Bonchev–Trinajstić information content (AvgIpc) is 3.07. The molecule has 0 aliphatic rings. The highest BCUT2D eigenvalue weighted by Crippen LogP contribution is 2.34. The Labute approximate surface area is 157 Å². The fraction of sp³-hybridized carbons (Fsp3) is 0.316. The molecule has 0 saturated carbocycles. The normalized spacial score (nSPS) is 12.5. The highest BCUT2D eigenvalue weighted by Gasteiger charge is 2.15. The predicted octanol–water partition coefficient (Wildman–Crippen LogP) is 3.79. The number of hydrogen-bond donors (Lipinski definition) is 1. The first-order chi connectivity index (χ1) is 12.4. The van der Waals surface area contributed by atoms with E-state index in [0.29, 0.717) is 5.56 Å². The van der Waals surface area contributed by atoms with Gasteiger partial charge in [0.25, 0.3) is 5.69 Å². The molecule has 7 heteroatoms. The maximum absolute atomic E-state index is 12.0. The molecule has 0 radical (unpaired) electrons. The second-order valence-electron chi connectivity index (χ2n) is 6.31. The molecule has 0 saturated heterocycles. The van der Waals surface area contributed by atoms with E-state index in [9.17, 15) is 14.9 Å². The van der Waals surface area contributed by atoms with E-state index in [0.717, 1.165) is 22.7 Å². The first-order valence-corrected chi connectivity index (χ1v) is 9.15. The van der Waals surface area contributed by atoms with Crippen LogP contribution in [-0.2, 0) is 4.79 Å². The summed E-state index contributed by atoms with van der Waals surface area (Å²) >= 11 is 1.41. The highest BCUT2D eigenvalue weighted by atomic mass is 32.1. The van der Waals surface area contributed by atoms with Crippen LogP contribution < -0.4 is 5.32 Å². The van der Waals surface area contributed by atoms with Crippen molar-refractivity contribution in [3.05, 3.63) is 57.5 Å². The van der Waals surface area contributed by atoms with Gasteiger partial charge in [-0.25, -0.2) is 0 Å². The molecule has 1 heterocycles. The van der Waals surface area contributed by atoms with E-state index < -0.39 is 0 Å². The van der Waals surface area contributed by atoms with Gasteiger partial charge in [0.2, 0.25) is 5.91 Å². The lowest BCUT2D eigenvalue weighted by Crippen LogP contribution is -2.33. The van der Waals surface area contributed by atoms with Gasteiger partial charge in [-0.3, -0.25) is 14.9 Å². The van der Waals surface area contributed by atoms with Crippen molar-refractivity contribution in [3.8, 4) is 10.4 Å². The second-order valence-corrected chi connectivity index (χ2v) is 7.43. The molecule has 1 unspecified atom stereocenters. The van der Waals surface area contributed by atoms with Crippen molar-refractivity contribution in [1.29, 1.82) is 0 Å². The quantitative estimate of drug-likeness (QED) is 0.434. The van der Waals surface area contributed by atoms with Crippen molar-refractivity contribution in [2.24, 2.45) is 0 Å². The van der Waals surface area contributed by atoms with Gasteiger partial charge in [-0.15, -0.1) is 11.3 Å². The molecule has 1 atom stereocenters. The standard InChI is InChI=1S/C19H23N3O3S/c1-14(12-13-21(2)3)20-19(23)11-9-15-8-10-18(26-15)16-6-4-5-7-17(16)22(24)25/h4-11,14H,12-13H2,1-3H3,(H,20,23). The third-order valence-electron chi connectivity index (χ3n) is 3.79. The second kappa shape index (κ2) is 9.26. The van der Waals surface area contributed by atoms with Gasteiger partial charge in [-0.1, -0.05) is 12.1 Å². The monoisotopic (exact) mass is 373 g/mol. The summed E-state index contributed by atoms with van der Waals surface area (Å²) in [5.74, 6) is -0.142. The van der Waals surface area contributed by atoms with E-state index in [1.54, 1.807) is 24.3 Å². The summed E-state index contributed by atoms with van der Waals surface area (Å²) in [6, 6.07) is 10.4. The van der Waals surface area contributed by atoms with Gasteiger partial charge in [0, 0.05) is 27.9 Å². The summed E-state index contributed by atoms with van der Waals surface area (Å²) in [4.78, 5) is 26.5. The van der Waals surface area contributed by atoms with Crippen LogP contribution in [0.3, 0.4) is 0 Å². The van der Waals surface area contributed by atoms with Crippen LogP contribution in [0.25, 0.3) is 16.5 Å². The van der Waals surface area contributed by atoms with Crippen LogP contribution in [0.4, 0.5) is 5.69 Å². The van der Waals surface area contributed by atoms with E-state index in [2.05, 4.69) is 10.2 Å². The molecule has 138 valence electrons. The van der Waals surface area contributed by atoms with Gasteiger partial charge >= 0.3 is 0 Å². The van der Waals surface area contributed by atoms with Crippen molar-refractivity contribution in [2.45, 2.75) is 19.4 Å². The molecular formula is C19H23N3O3S. The largest absolute Gasteiger partial charge is 0.350 e. The SMILES string of the molecule is CC(CCN(C)C)NC(=O)C=Cc1ccc(-c2ccccc2[N+](=O)[O-])s1. The van der Waals surface area contributed by atoms with E-state index in [-0.39, 0.29) is 22.6 Å². The number of rotatable bonds is 8. The summed E-state index contributed by atoms with van der Waals surface area (Å²) in [5.41, 5.74) is 0.668. The van der Waals surface area contributed by atoms with Crippen LogP contribution in [0.15, 0.2) is 42.5 Å². The fourth-order valence-corrected chi connectivity index (χ4v) is 3.35. The van der Waals surface area contributed by atoms with E-state index in [1.807, 2.05) is 33.2 Å². The minimum absolute atomic E-state index is 0.0809. The number of nitro benzene ring substituents is 1. The number of hydrogen-bond acceptors (Lipinski definition) is 5. The maximum atomic E-state index is 12.0. The number of nitro groups is 1. The molecule has 2 aromatic rings. The Hall–Kier alpha value is -2.51. The number of para-hydroxylation sites is 1. The summed E-state index contributed by atoms with van der Waals surface area (Å²) in [6.45, 7) is 2.89. The van der Waals surface area contributed by atoms with Gasteiger partial charge < -0.3 is 10.2 Å². The van der Waals surface area contributed by atoms with Crippen molar-refractivity contribution in [2.75, 3.05) is 20.6 Å². The summed E-state index contributed by atoms with van der Waals surface area (Å²) in [6.07, 6.45) is 4.12. The van der Waals surface area contributed by atoms with Crippen molar-refractivity contribution >= 4 is 29.0 Å². The average molecular weight is 373 g/mol. The first-order valence-electron chi connectivity index (χ1n) is 8.33. The Morgan fingerprint density at radius 3 is 2.73 bits per heavy atom. The zero-order valence-corrected chi connectivity index (χ0v) is 16.0. The van der Waals surface area contributed by atoms with E-state index in [4.69, 9.17) is 0 Å². The Morgan fingerprint density at radius 1 is 1.31 bits per heavy atom. The van der Waals surface area contributed by atoms with Gasteiger partial charge in [0.05, 0.1) is 10.5 Å². The smallest absolute Gasteiger partial charge is 0.278 e. The molecule has 2 rings (SSSR count). The molecular weight excluding hydrogens is 350 g/mol. The number of thiophene rings is 1. The van der Waals surface area contributed by atoms with Gasteiger partial charge in [-0.2, -0.15) is 0 Å². The first kappa shape index (κ1) is 19.8. The minimum atomic E-state index is -0.382. The molecule has 0 aliphatic carbocycles. The minimum Gasteiger partial charge on any atom is -0.350 e. The topological polar surface area (TPSA) is 75.5 Å². The lowest BCUT2D eigenvalue weighted by molar-refractivity contribution is -0.384. The van der Waals surface area contributed by atoms with Crippen molar-refractivity contribution in [1.82, 2.24) is 10.2 Å². The lowest BCUT2D eigenvalue weighted by atomic mass is 10.1. The number of amides is 1. The molecule has 6 nitrogen and oxygen atoms in total. The van der Waals surface area contributed by atoms with Crippen LogP contribution in [-0.4, -0.2) is 42.4 Å². The molecule has 0 bridgehead atoms. The van der Waals surface area contributed by atoms with Crippen LogP contribution in [0.1, 0.15) is 18.2 Å². The Bertz CT molecular complexity index is 799. The molecule has 0 spiro atoms. The van der Waals surface area contributed by atoms with Crippen LogP contribution >= 0.6 is 11.3 Å². The fourth-order valence-electron chi connectivity index (χ4n) is 2.40. The van der Waals surface area contributed by atoms with Crippen molar-refractivity contribution in [3.63, 3.8) is 0 Å². The Kier molecular flexibility index (Phi) is 7.06. The number of benzene rings is 1. The maximum Gasteiger partial charge on any atom is 0.278 e. The van der Waals surface area contributed by atoms with Gasteiger partial charge in [0.1, 0.15) is 0 Å². The van der Waals surface area contributed by atoms with Gasteiger partial charge in [0.15, 0.2) is 0 Å². The molecule has 1 amide bonds. The van der Waals surface area contributed by atoms with Crippen molar-refractivity contribution < 1.29 is 9.72 Å². The molecule has 1 N–H and O–H groups in total. The molecule has 0 aliphatic heterocycles. The Morgan fingerprint density at radius 2 is 2.04 bits per heavy atom. The molecule has 26 heavy (non-hydrogen) atoms. The number of carbonyl (C=O) groups is 1. The van der Waals surface area contributed by atoms with Crippen LogP contribution in [0.5, 0.6) is 0 Å². The summed E-state index contributed by atoms with van der Waals surface area (Å²) in [7, 11) is 4.00. The highest BCUT2D eigenvalue weighted by molar-refractivity contribution is 7.16. The van der Waals surface area contributed by atoms with E-state index >= 15 is 0 Å². The van der Waals surface area contributed by atoms with Crippen LogP contribution in [0.2, 0.25) is 0 Å². The number of nitrogens with zero attached hydrogens (tertiary/aromatic N) is 2. The zero-order valence-electron chi connectivity index (χ0n) is 15.1. The number of carbonyl (C=O) groups excluding carboxylic acids is 1. The van der Waals surface area contributed by atoms with Gasteiger partial charge in [-0.05, 0) is 58.3 Å². The molecule has 1 aromatic carbocycles. The molecule has 0 fully saturated rings. The van der Waals surface area contributed by atoms with E-state index in [1.165, 1.54) is 23.5 Å².